The van der Waals surface area contributed by atoms with E-state index >= 15 is 0 Å². The van der Waals surface area contributed by atoms with E-state index in [1.54, 1.807) is 18.2 Å². The predicted octanol–water partition coefficient (Wildman–Crippen LogP) is 4.56. The molecule has 0 saturated carbocycles. The maximum atomic E-state index is 13.1. The Kier molecular flexibility index (Phi) is 6.05. The fourth-order valence-electron chi connectivity index (χ4n) is 2.43. The van der Waals surface area contributed by atoms with Crippen molar-refractivity contribution < 1.29 is 27.4 Å². The molecule has 3 rings (SSSR count). The minimum absolute atomic E-state index is 0.0762. The summed E-state index contributed by atoms with van der Waals surface area (Å²) in [6.07, 6.45) is 0. The standard InChI is InChI=1S/C20H15ClFNO5S/c21-15-5-10-19(28-12-13-1-3-14(4-2-13)20(24)25)18(11-15)23-29(26,27)17-8-6-16(22)7-9-17/h1-11,23H,12H2,(H,24,25). The van der Waals surface area contributed by atoms with Crippen LogP contribution in [0, 0.1) is 5.82 Å². The molecule has 0 unspecified atom stereocenters. The van der Waals surface area contributed by atoms with Crippen molar-refractivity contribution in [3.05, 3.63) is 88.7 Å². The van der Waals surface area contributed by atoms with E-state index in [0.717, 1.165) is 24.3 Å². The van der Waals surface area contributed by atoms with Crippen LogP contribution in [0.5, 0.6) is 5.75 Å². The monoisotopic (exact) mass is 435 g/mol. The Morgan fingerprint density at radius 2 is 1.69 bits per heavy atom. The van der Waals surface area contributed by atoms with E-state index in [-0.39, 0.29) is 28.5 Å². The van der Waals surface area contributed by atoms with E-state index in [0.29, 0.717) is 10.6 Å². The molecule has 3 aromatic rings. The molecule has 6 nitrogen and oxygen atoms in total. The molecule has 0 aliphatic rings. The molecule has 2 N–H and O–H groups in total. The highest BCUT2D eigenvalue weighted by Gasteiger charge is 2.17. The highest BCUT2D eigenvalue weighted by Crippen LogP contribution is 2.31. The quantitative estimate of drug-likeness (QED) is 0.567. The van der Waals surface area contributed by atoms with Gasteiger partial charge < -0.3 is 9.84 Å². The second-order valence-electron chi connectivity index (χ2n) is 5.99. The molecule has 0 heterocycles. The summed E-state index contributed by atoms with van der Waals surface area (Å²) in [6.45, 7) is 0.0762. The topological polar surface area (TPSA) is 92.7 Å². The number of carboxylic acid groups (broad SMARTS) is 1. The molecule has 0 spiro atoms. The lowest BCUT2D eigenvalue weighted by atomic mass is 10.1. The molecule has 9 heteroatoms. The molecule has 0 bridgehead atoms. The lowest BCUT2D eigenvalue weighted by molar-refractivity contribution is 0.0697. The Balaban J connectivity index is 1.80. The molecule has 0 radical (unpaired) electrons. The summed E-state index contributed by atoms with van der Waals surface area (Å²) >= 11 is 5.98. The molecule has 150 valence electrons. The summed E-state index contributed by atoms with van der Waals surface area (Å²) in [5, 5.41) is 9.23. The van der Waals surface area contributed by atoms with Crippen molar-refractivity contribution in [3.63, 3.8) is 0 Å². The van der Waals surface area contributed by atoms with Crippen LogP contribution in [0.3, 0.4) is 0 Å². The molecule has 0 amide bonds. The lowest BCUT2D eigenvalue weighted by Crippen LogP contribution is -2.14. The molecule has 0 aromatic heterocycles. The number of carboxylic acids is 1. The largest absolute Gasteiger partial charge is 0.487 e. The zero-order valence-electron chi connectivity index (χ0n) is 14.8. The molecule has 0 saturated heterocycles. The number of anilines is 1. The third-order valence-corrected chi connectivity index (χ3v) is 5.52. The van der Waals surface area contributed by atoms with Gasteiger partial charge in [0.1, 0.15) is 18.2 Å². The third-order valence-electron chi connectivity index (χ3n) is 3.91. The summed E-state index contributed by atoms with van der Waals surface area (Å²) in [7, 11) is -3.99. The van der Waals surface area contributed by atoms with Crippen LogP contribution in [-0.2, 0) is 16.6 Å². The van der Waals surface area contributed by atoms with Crippen molar-refractivity contribution in [1.82, 2.24) is 0 Å². The Bertz CT molecular complexity index is 1130. The summed E-state index contributed by atoms with van der Waals surface area (Å²) in [5.74, 6) is -1.36. The number of benzene rings is 3. The zero-order valence-corrected chi connectivity index (χ0v) is 16.4. The van der Waals surface area contributed by atoms with Gasteiger partial charge in [-0.1, -0.05) is 23.7 Å². The molecular formula is C20H15ClFNO5S. The number of ether oxygens (including phenoxy) is 1. The van der Waals surface area contributed by atoms with E-state index in [9.17, 15) is 17.6 Å². The predicted molar refractivity (Wildman–Crippen MR) is 106 cm³/mol. The number of carbonyl (C=O) groups is 1. The van der Waals surface area contributed by atoms with Crippen molar-refractivity contribution in [2.75, 3.05) is 4.72 Å². The number of aromatic carboxylic acids is 1. The Labute approximate surface area is 171 Å². The first-order chi connectivity index (χ1) is 13.7. The van der Waals surface area contributed by atoms with E-state index in [1.807, 2.05) is 0 Å². The highest BCUT2D eigenvalue weighted by molar-refractivity contribution is 7.92. The van der Waals surface area contributed by atoms with Crippen molar-refractivity contribution in [3.8, 4) is 5.75 Å². The summed E-state index contributed by atoms with van der Waals surface area (Å²) in [5.41, 5.74) is 0.953. The number of nitrogens with one attached hydrogen (secondary N) is 1. The van der Waals surface area contributed by atoms with Gasteiger partial charge in [-0.3, -0.25) is 4.72 Å². The number of rotatable bonds is 7. The summed E-state index contributed by atoms with van der Waals surface area (Å²) < 4.78 is 46.3. The number of hydrogen-bond donors (Lipinski definition) is 2. The zero-order chi connectivity index (χ0) is 21.0. The van der Waals surface area contributed by atoms with Crippen LogP contribution in [0.2, 0.25) is 5.02 Å². The van der Waals surface area contributed by atoms with Gasteiger partial charge in [-0.25, -0.2) is 17.6 Å². The first-order valence-electron chi connectivity index (χ1n) is 8.27. The summed E-state index contributed by atoms with van der Waals surface area (Å²) in [6, 6.07) is 14.9. The Morgan fingerprint density at radius 3 is 2.31 bits per heavy atom. The van der Waals surface area contributed by atoms with Gasteiger partial charge in [0.25, 0.3) is 10.0 Å². The minimum atomic E-state index is -3.99. The molecule has 3 aromatic carbocycles. The van der Waals surface area contributed by atoms with Crippen molar-refractivity contribution >= 4 is 33.3 Å². The number of halogens is 2. The van der Waals surface area contributed by atoms with Crippen LogP contribution >= 0.6 is 11.6 Å². The lowest BCUT2D eigenvalue weighted by Gasteiger charge is -2.14. The molecule has 29 heavy (non-hydrogen) atoms. The van der Waals surface area contributed by atoms with Crippen molar-refractivity contribution in [1.29, 1.82) is 0 Å². The van der Waals surface area contributed by atoms with E-state index in [1.165, 1.54) is 24.3 Å². The second kappa shape index (κ2) is 8.50. The molecular weight excluding hydrogens is 421 g/mol. The Morgan fingerprint density at radius 1 is 1.03 bits per heavy atom. The van der Waals surface area contributed by atoms with Crippen molar-refractivity contribution in [2.45, 2.75) is 11.5 Å². The van der Waals surface area contributed by atoms with Gasteiger partial charge in [-0.2, -0.15) is 0 Å². The average molecular weight is 436 g/mol. The first-order valence-corrected chi connectivity index (χ1v) is 10.1. The van der Waals surface area contributed by atoms with Crippen LogP contribution < -0.4 is 9.46 Å². The van der Waals surface area contributed by atoms with Gasteiger partial charge >= 0.3 is 5.97 Å². The van der Waals surface area contributed by atoms with Crippen LogP contribution in [0.4, 0.5) is 10.1 Å². The molecule has 0 fully saturated rings. The van der Waals surface area contributed by atoms with Crippen LogP contribution in [0.1, 0.15) is 15.9 Å². The third kappa shape index (κ3) is 5.24. The molecule has 0 aliphatic carbocycles. The van der Waals surface area contributed by atoms with Gasteiger partial charge in [0.2, 0.25) is 0 Å². The van der Waals surface area contributed by atoms with Crippen molar-refractivity contribution in [2.24, 2.45) is 0 Å². The van der Waals surface area contributed by atoms with E-state index in [4.69, 9.17) is 21.4 Å². The minimum Gasteiger partial charge on any atom is -0.487 e. The van der Waals surface area contributed by atoms with E-state index in [2.05, 4.69) is 4.72 Å². The second-order valence-corrected chi connectivity index (χ2v) is 8.11. The fourth-order valence-corrected chi connectivity index (χ4v) is 3.66. The van der Waals surface area contributed by atoms with Gasteiger partial charge in [0.05, 0.1) is 16.1 Å². The van der Waals surface area contributed by atoms with Crippen LogP contribution in [-0.4, -0.2) is 19.5 Å². The van der Waals surface area contributed by atoms with Gasteiger partial charge in [-0.15, -0.1) is 0 Å². The van der Waals surface area contributed by atoms with Gasteiger partial charge in [0.15, 0.2) is 0 Å². The Hall–Kier alpha value is -3.10. The summed E-state index contributed by atoms with van der Waals surface area (Å²) in [4.78, 5) is 10.8. The maximum Gasteiger partial charge on any atom is 0.335 e. The smallest absolute Gasteiger partial charge is 0.335 e. The first kappa shape index (κ1) is 20.6. The number of hydrogen-bond acceptors (Lipinski definition) is 4. The van der Waals surface area contributed by atoms with Crippen LogP contribution in [0.25, 0.3) is 0 Å². The molecule has 0 aliphatic heterocycles. The van der Waals surface area contributed by atoms with E-state index < -0.39 is 21.8 Å². The average Bonchev–Trinajstić information content (AvgIpc) is 2.68. The number of sulfonamides is 1. The normalized spacial score (nSPS) is 11.1. The maximum absolute atomic E-state index is 13.1. The van der Waals surface area contributed by atoms with Gasteiger partial charge in [-0.05, 0) is 60.2 Å². The molecule has 0 atom stereocenters. The van der Waals surface area contributed by atoms with Gasteiger partial charge in [0, 0.05) is 5.02 Å². The fraction of sp³-hybridized carbons (Fsp3) is 0.0500. The van der Waals surface area contributed by atoms with Crippen LogP contribution in [0.15, 0.2) is 71.6 Å². The highest BCUT2D eigenvalue weighted by atomic mass is 35.5. The SMILES string of the molecule is O=C(O)c1ccc(COc2ccc(Cl)cc2NS(=O)(=O)c2ccc(F)cc2)cc1.